The van der Waals surface area contributed by atoms with E-state index in [1.807, 2.05) is 12.1 Å². The molecule has 9 heteroatoms. The molecule has 4 heterocycles. The minimum absolute atomic E-state index is 0.132. The molecule has 2 aliphatic heterocycles. The van der Waals surface area contributed by atoms with Gasteiger partial charge in [-0.3, -0.25) is 0 Å². The van der Waals surface area contributed by atoms with Gasteiger partial charge in [-0.1, -0.05) is 23.2 Å². The molecular formula is C18H15Cl2FN6. The third kappa shape index (κ3) is 2.77. The van der Waals surface area contributed by atoms with E-state index in [2.05, 4.69) is 25.5 Å². The van der Waals surface area contributed by atoms with Crippen LogP contribution in [-0.2, 0) is 0 Å². The number of fused-ring (bicyclic) bond motifs is 1. The van der Waals surface area contributed by atoms with Crippen molar-refractivity contribution in [3.63, 3.8) is 0 Å². The topological polar surface area (TPSA) is 66.0 Å². The summed E-state index contributed by atoms with van der Waals surface area (Å²) < 4.78 is 14.4. The first-order valence-corrected chi connectivity index (χ1v) is 9.33. The van der Waals surface area contributed by atoms with E-state index in [0.717, 1.165) is 25.5 Å². The van der Waals surface area contributed by atoms with Gasteiger partial charge >= 0.3 is 0 Å². The van der Waals surface area contributed by atoms with E-state index in [4.69, 9.17) is 28.2 Å². The monoisotopic (exact) mass is 404 g/mol. The number of hydrogen-bond acceptors (Lipinski definition) is 6. The van der Waals surface area contributed by atoms with Gasteiger partial charge in [0.25, 0.3) is 0 Å². The van der Waals surface area contributed by atoms with Crippen LogP contribution in [0.25, 0.3) is 11.0 Å². The van der Waals surface area contributed by atoms with Crippen molar-refractivity contribution >= 4 is 51.6 Å². The van der Waals surface area contributed by atoms with Crippen LogP contribution in [0.2, 0.25) is 10.0 Å². The van der Waals surface area contributed by atoms with E-state index in [9.17, 15) is 4.39 Å². The Morgan fingerprint density at radius 3 is 2.70 bits per heavy atom. The van der Waals surface area contributed by atoms with E-state index in [1.165, 1.54) is 24.9 Å². The number of aromatic nitrogens is 3. The van der Waals surface area contributed by atoms with Crippen molar-refractivity contribution in [3.05, 3.63) is 46.5 Å². The van der Waals surface area contributed by atoms with Crippen molar-refractivity contribution in [1.29, 1.82) is 0 Å². The second-order valence-electron chi connectivity index (χ2n) is 6.92. The number of benzene rings is 1. The van der Waals surface area contributed by atoms with Gasteiger partial charge in [0.05, 0.1) is 26.8 Å². The summed E-state index contributed by atoms with van der Waals surface area (Å²) in [6.45, 7) is 2.95. The second kappa shape index (κ2) is 6.15. The van der Waals surface area contributed by atoms with Gasteiger partial charge in [-0.25, -0.2) is 19.3 Å². The Morgan fingerprint density at radius 2 is 1.96 bits per heavy atom. The van der Waals surface area contributed by atoms with E-state index in [-0.39, 0.29) is 21.3 Å². The molecule has 2 fully saturated rings. The Kier molecular flexibility index (Phi) is 3.86. The highest BCUT2D eigenvalue weighted by molar-refractivity contribution is 6.42. The lowest BCUT2D eigenvalue weighted by Gasteiger charge is -2.56. The molecule has 3 aromatic rings. The number of pyridine rings is 1. The van der Waals surface area contributed by atoms with E-state index in [1.54, 1.807) is 0 Å². The van der Waals surface area contributed by atoms with Crippen molar-refractivity contribution < 1.29 is 4.39 Å². The van der Waals surface area contributed by atoms with Crippen molar-refractivity contribution in [1.82, 2.24) is 20.3 Å². The molecule has 0 bridgehead atoms. The SMILES string of the molecule is Fc1c(Nc2ncnc3ccc(N4CC5(CCN5)C4)nc23)ccc(Cl)c1Cl. The van der Waals surface area contributed by atoms with Gasteiger partial charge in [-0.05, 0) is 37.2 Å². The third-order valence-corrected chi connectivity index (χ3v) is 5.95. The maximum atomic E-state index is 14.4. The van der Waals surface area contributed by atoms with Crippen LogP contribution in [0.5, 0.6) is 0 Å². The molecule has 2 saturated heterocycles. The number of nitrogens with zero attached hydrogens (tertiary/aromatic N) is 4. The van der Waals surface area contributed by atoms with Crippen LogP contribution < -0.4 is 15.5 Å². The van der Waals surface area contributed by atoms with Crippen LogP contribution in [0.3, 0.4) is 0 Å². The quantitative estimate of drug-likeness (QED) is 0.647. The largest absolute Gasteiger partial charge is 0.353 e. The van der Waals surface area contributed by atoms with Crippen molar-refractivity contribution in [3.8, 4) is 0 Å². The molecule has 2 N–H and O–H groups in total. The molecule has 2 aromatic heterocycles. The lowest BCUT2D eigenvalue weighted by Crippen LogP contribution is -2.76. The zero-order valence-corrected chi connectivity index (χ0v) is 15.6. The molecule has 0 amide bonds. The van der Waals surface area contributed by atoms with Gasteiger partial charge < -0.3 is 15.5 Å². The third-order valence-electron chi connectivity index (χ3n) is 5.17. The standard InChI is InChI=1S/C18H15Cl2FN6/c19-10-1-2-11(15(21)14(10)20)25-17-16-12(22-9-23-17)3-4-13(26-16)27-7-18(8-27)5-6-24-18/h1-4,9,24H,5-8H2,(H,22,23,25). The highest BCUT2D eigenvalue weighted by Gasteiger charge is 2.47. The van der Waals surface area contributed by atoms with E-state index >= 15 is 0 Å². The highest BCUT2D eigenvalue weighted by atomic mass is 35.5. The smallest absolute Gasteiger partial charge is 0.166 e. The lowest BCUT2D eigenvalue weighted by atomic mass is 9.80. The summed E-state index contributed by atoms with van der Waals surface area (Å²) >= 11 is 11.8. The minimum atomic E-state index is -0.632. The summed E-state index contributed by atoms with van der Waals surface area (Å²) in [5, 5.41) is 6.47. The van der Waals surface area contributed by atoms with Crippen LogP contribution in [0.1, 0.15) is 6.42 Å². The van der Waals surface area contributed by atoms with Crippen LogP contribution in [-0.4, -0.2) is 40.1 Å². The predicted molar refractivity (Wildman–Crippen MR) is 105 cm³/mol. The Labute approximate surface area is 164 Å². The molecule has 1 spiro atoms. The normalized spacial score (nSPS) is 17.7. The molecule has 0 saturated carbocycles. The Hall–Kier alpha value is -2.22. The first-order valence-electron chi connectivity index (χ1n) is 8.57. The summed E-state index contributed by atoms with van der Waals surface area (Å²) in [5.41, 5.74) is 1.68. The van der Waals surface area contributed by atoms with Gasteiger partial charge in [0.15, 0.2) is 11.6 Å². The summed E-state index contributed by atoms with van der Waals surface area (Å²) in [5.74, 6) is 0.637. The molecule has 5 rings (SSSR count). The predicted octanol–water partition coefficient (Wildman–Crippen LogP) is 3.77. The number of nitrogens with one attached hydrogen (secondary N) is 2. The number of anilines is 3. The average molecular weight is 405 g/mol. The van der Waals surface area contributed by atoms with Crippen molar-refractivity contribution in [2.75, 3.05) is 29.9 Å². The molecule has 0 atom stereocenters. The van der Waals surface area contributed by atoms with Gasteiger partial charge in [-0.15, -0.1) is 0 Å². The molecule has 0 aliphatic carbocycles. The van der Waals surface area contributed by atoms with Gasteiger partial charge in [0, 0.05) is 13.1 Å². The fourth-order valence-corrected chi connectivity index (χ4v) is 3.85. The maximum Gasteiger partial charge on any atom is 0.166 e. The molecule has 6 nitrogen and oxygen atoms in total. The molecule has 1 aromatic carbocycles. The second-order valence-corrected chi connectivity index (χ2v) is 7.71. The highest BCUT2D eigenvalue weighted by Crippen LogP contribution is 2.35. The zero-order valence-electron chi connectivity index (χ0n) is 14.1. The van der Waals surface area contributed by atoms with Crippen molar-refractivity contribution in [2.24, 2.45) is 0 Å². The van der Waals surface area contributed by atoms with Crippen LogP contribution in [0, 0.1) is 5.82 Å². The van der Waals surface area contributed by atoms with Gasteiger partial charge in [-0.2, -0.15) is 0 Å². The Bertz CT molecular complexity index is 1050. The fraction of sp³-hybridized carbons (Fsp3) is 0.278. The maximum absolute atomic E-state index is 14.4. The first-order chi connectivity index (χ1) is 13.0. The molecule has 2 aliphatic rings. The van der Waals surface area contributed by atoms with E-state index in [0.29, 0.717) is 16.9 Å². The first kappa shape index (κ1) is 16.9. The number of halogens is 3. The summed E-state index contributed by atoms with van der Waals surface area (Å²) in [4.78, 5) is 15.4. The molecule has 0 unspecified atom stereocenters. The minimum Gasteiger partial charge on any atom is -0.353 e. The number of hydrogen-bond donors (Lipinski definition) is 2. The van der Waals surface area contributed by atoms with Crippen molar-refractivity contribution in [2.45, 2.75) is 12.0 Å². The average Bonchev–Trinajstić information content (AvgIpc) is 2.60. The Balaban J connectivity index is 1.49. The van der Waals surface area contributed by atoms with Crippen LogP contribution >= 0.6 is 23.2 Å². The molecule has 138 valence electrons. The van der Waals surface area contributed by atoms with E-state index < -0.39 is 5.82 Å². The Morgan fingerprint density at radius 1 is 1.15 bits per heavy atom. The summed E-state index contributed by atoms with van der Waals surface area (Å²) in [6, 6.07) is 6.89. The number of rotatable bonds is 3. The van der Waals surface area contributed by atoms with Crippen LogP contribution in [0.4, 0.5) is 21.7 Å². The fourth-order valence-electron chi connectivity index (χ4n) is 3.54. The van der Waals surface area contributed by atoms with Gasteiger partial charge in [0.1, 0.15) is 17.7 Å². The molecule has 27 heavy (non-hydrogen) atoms. The molecule has 0 radical (unpaired) electrons. The lowest BCUT2D eigenvalue weighted by molar-refractivity contribution is 0.159. The van der Waals surface area contributed by atoms with Gasteiger partial charge in [0.2, 0.25) is 0 Å². The molecular weight excluding hydrogens is 390 g/mol. The summed E-state index contributed by atoms with van der Waals surface area (Å²) in [7, 11) is 0. The zero-order chi connectivity index (χ0) is 18.6. The van der Waals surface area contributed by atoms with Crippen LogP contribution in [0.15, 0.2) is 30.6 Å². The summed E-state index contributed by atoms with van der Waals surface area (Å²) in [6.07, 6.45) is 2.61.